The molecule has 0 spiro atoms. The van der Waals surface area contributed by atoms with Gasteiger partial charge in [-0.2, -0.15) is 0 Å². The number of halogens is 1. The molecule has 106 valence electrons. The van der Waals surface area contributed by atoms with Gasteiger partial charge in [0.1, 0.15) is 0 Å². The van der Waals surface area contributed by atoms with Crippen LogP contribution in [0.15, 0.2) is 18.2 Å². The summed E-state index contributed by atoms with van der Waals surface area (Å²) in [6.45, 7) is 10.0. The molecule has 1 atom stereocenters. The zero-order chi connectivity index (χ0) is 13.8. The third-order valence-corrected chi connectivity index (χ3v) is 4.36. The van der Waals surface area contributed by atoms with Gasteiger partial charge < -0.3 is 5.73 Å². The Hall–Kier alpha value is -0.770. The third-order valence-electron chi connectivity index (χ3n) is 4.12. The maximum Gasteiger partial charge on any atom is 0.0426 e. The average molecular weight is 282 g/mol. The summed E-state index contributed by atoms with van der Waals surface area (Å²) in [5.41, 5.74) is 8.00. The maximum absolute atomic E-state index is 6.01. The Morgan fingerprint density at radius 3 is 2.53 bits per heavy atom. The Labute approximate surface area is 121 Å². The first-order valence-electron chi connectivity index (χ1n) is 7.10. The number of rotatable bonds is 4. The monoisotopic (exact) mass is 281 g/mol. The van der Waals surface area contributed by atoms with Crippen LogP contribution in [0, 0.1) is 0 Å². The molecule has 1 aromatic rings. The Bertz CT molecular complexity index is 414. The van der Waals surface area contributed by atoms with Crippen molar-refractivity contribution < 1.29 is 0 Å². The smallest absolute Gasteiger partial charge is 0.0426 e. The van der Waals surface area contributed by atoms with Crippen molar-refractivity contribution in [3.05, 3.63) is 28.8 Å². The molecule has 4 heteroatoms. The van der Waals surface area contributed by atoms with Crippen LogP contribution < -0.4 is 5.73 Å². The Morgan fingerprint density at radius 1 is 1.26 bits per heavy atom. The van der Waals surface area contributed by atoms with Crippen molar-refractivity contribution in [3.8, 4) is 0 Å². The van der Waals surface area contributed by atoms with E-state index in [1.165, 1.54) is 12.0 Å². The van der Waals surface area contributed by atoms with Gasteiger partial charge >= 0.3 is 0 Å². The lowest BCUT2D eigenvalue weighted by atomic mass is 10.1. The Balaban J connectivity index is 1.88. The highest BCUT2D eigenvalue weighted by molar-refractivity contribution is 6.30. The highest BCUT2D eigenvalue weighted by Crippen LogP contribution is 2.20. The van der Waals surface area contributed by atoms with Gasteiger partial charge in [-0.3, -0.25) is 9.80 Å². The van der Waals surface area contributed by atoms with Crippen molar-refractivity contribution in [2.75, 3.05) is 31.9 Å². The van der Waals surface area contributed by atoms with Crippen LogP contribution in [-0.4, -0.2) is 42.0 Å². The minimum Gasteiger partial charge on any atom is -0.398 e. The van der Waals surface area contributed by atoms with Gasteiger partial charge in [-0.1, -0.05) is 24.6 Å². The number of hydrogen-bond acceptors (Lipinski definition) is 3. The van der Waals surface area contributed by atoms with Crippen molar-refractivity contribution in [2.45, 2.75) is 32.9 Å². The fourth-order valence-electron chi connectivity index (χ4n) is 2.57. The van der Waals surface area contributed by atoms with Gasteiger partial charge in [-0.05, 0) is 31.0 Å². The van der Waals surface area contributed by atoms with Crippen LogP contribution in [0.1, 0.15) is 25.8 Å². The average Bonchev–Trinajstić information content (AvgIpc) is 2.42. The molecule has 3 nitrogen and oxygen atoms in total. The van der Waals surface area contributed by atoms with Crippen LogP contribution in [0.25, 0.3) is 0 Å². The number of nitrogen functional groups attached to an aromatic ring is 1. The molecule has 1 aliphatic heterocycles. The van der Waals surface area contributed by atoms with E-state index in [0.29, 0.717) is 11.1 Å². The summed E-state index contributed by atoms with van der Waals surface area (Å²) in [5.74, 6) is 0. The number of hydrogen-bond donors (Lipinski definition) is 1. The van der Waals surface area contributed by atoms with E-state index < -0.39 is 0 Å². The van der Waals surface area contributed by atoms with Crippen LogP contribution in [-0.2, 0) is 6.54 Å². The van der Waals surface area contributed by atoms with Gasteiger partial charge in [0.2, 0.25) is 0 Å². The van der Waals surface area contributed by atoms with E-state index in [1.54, 1.807) is 0 Å². The molecular weight excluding hydrogens is 258 g/mol. The zero-order valence-electron chi connectivity index (χ0n) is 11.9. The van der Waals surface area contributed by atoms with Gasteiger partial charge in [0.25, 0.3) is 0 Å². The molecule has 0 amide bonds. The first kappa shape index (κ1) is 14.6. The van der Waals surface area contributed by atoms with Crippen molar-refractivity contribution in [2.24, 2.45) is 0 Å². The fraction of sp³-hybridized carbons (Fsp3) is 0.600. The van der Waals surface area contributed by atoms with E-state index in [9.17, 15) is 0 Å². The number of nitrogens with two attached hydrogens (primary N) is 1. The van der Waals surface area contributed by atoms with Crippen LogP contribution in [0.5, 0.6) is 0 Å². The Morgan fingerprint density at radius 2 is 1.95 bits per heavy atom. The fourth-order valence-corrected chi connectivity index (χ4v) is 2.75. The van der Waals surface area contributed by atoms with Crippen LogP contribution in [0.4, 0.5) is 5.69 Å². The van der Waals surface area contributed by atoms with Crippen molar-refractivity contribution in [3.63, 3.8) is 0 Å². The van der Waals surface area contributed by atoms with Crippen molar-refractivity contribution in [1.82, 2.24) is 9.80 Å². The number of nitrogens with zero attached hydrogens (tertiary/aromatic N) is 2. The first-order valence-corrected chi connectivity index (χ1v) is 7.48. The van der Waals surface area contributed by atoms with Gasteiger partial charge in [0.15, 0.2) is 0 Å². The van der Waals surface area contributed by atoms with E-state index in [0.717, 1.165) is 38.4 Å². The summed E-state index contributed by atoms with van der Waals surface area (Å²) in [7, 11) is 0. The molecule has 0 aromatic heterocycles. The lowest BCUT2D eigenvalue weighted by molar-refractivity contribution is 0.0965. The highest BCUT2D eigenvalue weighted by atomic mass is 35.5. The molecule has 1 aliphatic rings. The summed E-state index contributed by atoms with van der Waals surface area (Å²) in [4.78, 5) is 5.04. The minimum atomic E-state index is 0.697. The molecule has 0 aliphatic carbocycles. The van der Waals surface area contributed by atoms with E-state index in [-0.39, 0.29) is 0 Å². The molecule has 1 heterocycles. The van der Waals surface area contributed by atoms with Crippen molar-refractivity contribution >= 4 is 17.3 Å². The second kappa shape index (κ2) is 6.60. The molecular formula is C15H24ClN3. The minimum absolute atomic E-state index is 0.697. The molecule has 2 rings (SSSR count). The molecule has 1 fully saturated rings. The van der Waals surface area contributed by atoms with Crippen LogP contribution in [0.3, 0.4) is 0 Å². The lowest BCUT2D eigenvalue weighted by Gasteiger charge is -2.38. The molecule has 1 aromatic carbocycles. The molecule has 19 heavy (non-hydrogen) atoms. The maximum atomic E-state index is 6.01. The van der Waals surface area contributed by atoms with E-state index in [1.807, 2.05) is 18.2 Å². The molecule has 0 bridgehead atoms. The molecule has 1 unspecified atom stereocenters. The highest BCUT2D eigenvalue weighted by Gasteiger charge is 2.20. The second-order valence-corrected chi connectivity index (χ2v) is 5.85. The largest absolute Gasteiger partial charge is 0.398 e. The summed E-state index contributed by atoms with van der Waals surface area (Å²) < 4.78 is 0. The first-order chi connectivity index (χ1) is 9.10. The summed E-state index contributed by atoms with van der Waals surface area (Å²) >= 11 is 5.93. The van der Waals surface area contributed by atoms with Crippen LogP contribution >= 0.6 is 11.6 Å². The summed E-state index contributed by atoms with van der Waals surface area (Å²) in [6.07, 6.45) is 1.23. The van der Waals surface area contributed by atoms with Crippen LogP contribution in [0.2, 0.25) is 5.02 Å². The zero-order valence-corrected chi connectivity index (χ0v) is 12.7. The Kier molecular flexibility index (Phi) is 5.08. The summed E-state index contributed by atoms with van der Waals surface area (Å²) in [6, 6.07) is 6.50. The standard InChI is InChI=1S/C15H24ClN3/c1-3-12(2)19-8-6-18(7-9-19)11-13-4-5-14(16)10-15(13)17/h4-5,10,12H,3,6-9,11,17H2,1-2H3. The lowest BCUT2D eigenvalue weighted by Crippen LogP contribution is -2.49. The number of benzene rings is 1. The van der Waals surface area contributed by atoms with E-state index in [2.05, 4.69) is 23.6 Å². The molecule has 2 N–H and O–H groups in total. The normalized spacial score (nSPS) is 19.5. The quantitative estimate of drug-likeness (QED) is 0.862. The van der Waals surface area contributed by atoms with E-state index in [4.69, 9.17) is 17.3 Å². The van der Waals surface area contributed by atoms with E-state index >= 15 is 0 Å². The predicted octanol–water partition coefficient (Wildman–Crippen LogP) is 2.84. The molecule has 0 radical (unpaired) electrons. The topological polar surface area (TPSA) is 32.5 Å². The molecule has 1 saturated heterocycles. The second-order valence-electron chi connectivity index (χ2n) is 5.41. The van der Waals surface area contributed by atoms with Gasteiger partial charge in [-0.25, -0.2) is 0 Å². The predicted molar refractivity (Wildman–Crippen MR) is 82.5 cm³/mol. The van der Waals surface area contributed by atoms with Gasteiger partial charge in [-0.15, -0.1) is 0 Å². The number of anilines is 1. The SMILES string of the molecule is CCC(C)N1CCN(Cc2ccc(Cl)cc2N)CC1. The third kappa shape index (κ3) is 3.85. The molecule has 0 saturated carbocycles. The van der Waals surface area contributed by atoms with Gasteiger partial charge in [0.05, 0.1) is 0 Å². The van der Waals surface area contributed by atoms with Gasteiger partial charge in [0, 0.05) is 49.5 Å². The number of piperazine rings is 1. The van der Waals surface area contributed by atoms with Crippen molar-refractivity contribution in [1.29, 1.82) is 0 Å². The summed E-state index contributed by atoms with van der Waals surface area (Å²) in [5, 5.41) is 0.711.